The molecule has 4 fully saturated rings. The second-order valence-corrected chi connectivity index (χ2v) is 19.1. The normalized spacial score (nSPS) is 39.0. The van der Waals surface area contributed by atoms with Gasteiger partial charge in [-0.15, -0.1) is 0 Å². The minimum Gasteiger partial charge on any atom is -0.469 e. The average molecular weight is 732 g/mol. The standard InChI is InChI=1S/C44H61NO8/c1-39(2)28(36(48)45-31(37(49)52-9)24-34(47)51-8)15-17-42(5)33(39)16-18-44(7)35(42)32(46)23-29-30-25-41(4,20-19-40(30,3)21-22-43(29,44)6)38(50)53-26-27-13-11-10-12-14-27/h10-14,23,28,30-31,33,35H,15-22,24-26H2,1-9H3,(H,45,48)/t28-,30+,31-,33+,35?,40-,41+,42+,43-,44-/m1/s1. The average Bonchev–Trinajstić information content (AvgIpc) is 3.11. The molecule has 290 valence electrons. The molecule has 0 bridgehead atoms. The van der Waals surface area contributed by atoms with E-state index in [2.05, 4.69) is 53.8 Å². The molecule has 0 saturated heterocycles. The van der Waals surface area contributed by atoms with Crippen molar-refractivity contribution in [3.05, 3.63) is 47.5 Å². The first-order valence-electron chi connectivity index (χ1n) is 19.7. The van der Waals surface area contributed by atoms with Gasteiger partial charge >= 0.3 is 17.9 Å². The minimum absolute atomic E-state index is 0.0124. The van der Waals surface area contributed by atoms with Gasteiger partial charge in [0.1, 0.15) is 12.6 Å². The smallest absolute Gasteiger partial charge is 0.328 e. The summed E-state index contributed by atoms with van der Waals surface area (Å²) in [6.07, 6.45) is 9.16. The quantitative estimate of drug-likeness (QED) is 0.215. The highest BCUT2D eigenvalue weighted by molar-refractivity contribution is 5.96. The van der Waals surface area contributed by atoms with E-state index in [4.69, 9.17) is 14.2 Å². The number of allylic oxidation sites excluding steroid dienone is 2. The van der Waals surface area contributed by atoms with Crippen molar-refractivity contribution in [3.8, 4) is 0 Å². The summed E-state index contributed by atoms with van der Waals surface area (Å²) in [5.74, 6) is -1.95. The summed E-state index contributed by atoms with van der Waals surface area (Å²) in [5.41, 5.74) is 0.276. The van der Waals surface area contributed by atoms with Gasteiger partial charge in [-0.25, -0.2) is 4.79 Å². The van der Waals surface area contributed by atoms with Crippen LogP contribution in [0.4, 0.5) is 0 Å². The Morgan fingerprint density at radius 3 is 2.19 bits per heavy atom. The van der Waals surface area contributed by atoms with Crippen molar-refractivity contribution in [1.82, 2.24) is 5.32 Å². The molecule has 0 aliphatic heterocycles. The van der Waals surface area contributed by atoms with E-state index in [-0.39, 0.29) is 70.1 Å². The third-order valence-electron chi connectivity index (χ3n) is 16.0. The van der Waals surface area contributed by atoms with Gasteiger partial charge in [-0.3, -0.25) is 19.2 Å². The van der Waals surface area contributed by atoms with Crippen LogP contribution in [0.25, 0.3) is 0 Å². The molecule has 10 atom stereocenters. The highest BCUT2D eigenvalue weighted by Crippen LogP contribution is 2.75. The lowest BCUT2D eigenvalue weighted by atomic mass is 9.33. The van der Waals surface area contributed by atoms with E-state index in [1.54, 1.807) is 0 Å². The van der Waals surface area contributed by atoms with Gasteiger partial charge in [0.25, 0.3) is 0 Å². The van der Waals surface area contributed by atoms with Crippen molar-refractivity contribution < 1.29 is 38.2 Å². The van der Waals surface area contributed by atoms with Crippen molar-refractivity contribution in [2.24, 2.45) is 56.2 Å². The number of nitrogens with one attached hydrogen (secondary N) is 1. The first-order chi connectivity index (χ1) is 24.8. The molecule has 0 aromatic heterocycles. The lowest BCUT2D eigenvalue weighted by molar-refractivity contribution is -0.195. The van der Waals surface area contributed by atoms with Crippen LogP contribution in [0.2, 0.25) is 0 Å². The second kappa shape index (κ2) is 13.7. The number of hydrogen-bond donors (Lipinski definition) is 1. The summed E-state index contributed by atoms with van der Waals surface area (Å²) in [6, 6.07) is 8.68. The molecule has 4 saturated carbocycles. The molecule has 1 amide bonds. The van der Waals surface area contributed by atoms with E-state index in [9.17, 15) is 24.0 Å². The fraction of sp³-hybridized carbons (Fsp3) is 0.705. The van der Waals surface area contributed by atoms with Gasteiger partial charge in [-0.2, -0.15) is 0 Å². The monoisotopic (exact) mass is 731 g/mol. The van der Waals surface area contributed by atoms with Gasteiger partial charge in [0, 0.05) is 11.8 Å². The van der Waals surface area contributed by atoms with Crippen molar-refractivity contribution in [1.29, 1.82) is 0 Å². The largest absolute Gasteiger partial charge is 0.469 e. The summed E-state index contributed by atoms with van der Waals surface area (Å²) < 4.78 is 15.6. The molecule has 1 aromatic carbocycles. The summed E-state index contributed by atoms with van der Waals surface area (Å²) in [4.78, 5) is 67.2. The lowest BCUT2D eigenvalue weighted by Crippen LogP contribution is -2.66. The maximum atomic E-state index is 14.9. The highest BCUT2D eigenvalue weighted by Gasteiger charge is 2.70. The summed E-state index contributed by atoms with van der Waals surface area (Å²) in [6.45, 7) is 16.0. The zero-order valence-electron chi connectivity index (χ0n) is 33.4. The topological polar surface area (TPSA) is 125 Å². The second-order valence-electron chi connectivity index (χ2n) is 19.1. The predicted molar refractivity (Wildman–Crippen MR) is 200 cm³/mol. The molecule has 0 spiro atoms. The van der Waals surface area contributed by atoms with Crippen LogP contribution in [0, 0.1) is 56.2 Å². The number of esters is 3. The van der Waals surface area contributed by atoms with Crippen molar-refractivity contribution >= 4 is 29.6 Å². The zero-order chi connectivity index (χ0) is 38.8. The number of fused-ring (bicyclic) bond motifs is 7. The molecular weight excluding hydrogens is 670 g/mol. The van der Waals surface area contributed by atoms with Gasteiger partial charge in [0.05, 0.1) is 26.1 Å². The third-order valence-corrected chi connectivity index (χ3v) is 16.0. The molecule has 5 aliphatic rings. The first kappa shape index (κ1) is 39.2. The van der Waals surface area contributed by atoms with E-state index in [0.29, 0.717) is 19.3 Å². The van der Waals surface area contributed by atoms with Crippen LogP contribution < -0.4 is 5.32 Å². The molecule has 5 aliphatic carbocycles. The Bertz CT molecular complexity index is 1680. The Morgan fingerprint density at radius 1 is 0.849 bits per heavy atom. The molecule has 0 radical (unpaired) electrons. The molecule has 9 heteroatoms. The van der Waals surface area contributed by atoms with Gasteiger partial charge < -0.3 is 19.5 Å². The van der Waals surface area contributed by atoms with Crippen LogP contribution in [-0.4, -0.2) is 49.9 Å². The number of benzene rings is 1. The van der Waals surface area contributed by atoms with Crippen molar-refractivity contribution in [3.63, 3.8) is 0 Å². The number of ether oxygens (including phenoxy) is 3. The van der Waals surface area contributed by atoms with Crippen LogP contribution in [0.5, 0.6) is 0 Å². The molecule has 1 aromatic rings. The highest BCUT2D eigenvalue weighted by atomic mass is 16.5. The maximum Gasteiger partial charge on any atom is 0.328 e. The Balaban J connectivity index is 1.27. The Kier molecular flexibility index (Phi) is 10.1. The molecule has 1 unspecified atom stereocenters. The lowest BCUT2D eigenvalue weighted by Gasteiger charge is -2.70. The fourth-order valence-corrected chi connectivity index (χ4v) is 12.6. The fourth-order valence-electron chi connectivity index (χ4n) is 12.6. The Hall–Kier alpha value is -3.49. The summed E-state index contributed by atoms with van der Waals surface area (Å²) in [5, 5.41) is 2.82. The zero-order valence-corrected chi connectivity index (χ0v) is 33.4. The minimum atomic E-state index is -1.13. The number of ketones is 1. The van der Waals surface area contributed by atoms with Crippen LogP contribution >= 0.6 is 0 Å². The number of carbonyl (C=O) groups is 5. The maximum absolute atomic E-state index is 14.9. The molecule has 6 rings (SSSR count). The predicted octanol–water partition coefficient (Wildman–Crippen LogP) is 7.55. The Morgan fingerprint density at radius 2 is 1.53 bits per heavy atom. The molecule has 53 heavy (non-hydrogen) atoms. The number of methoxy groups -OCH3 is 2. The number of amides is 1. The van der Waals surface area contributed by atoms with Crippen LogP contribution in [0.1, 0.15) is 118 Å². The van der Waals surface area contributed by atoms with Gasteiger partial charge in [-0.05, 0) is 115 Å². The van der Waals surface area contributed by atoms with E-state index >= 15 is 0 Å². The summed E-state index contributed by atoms with van der Waals surface area (Å²) >= 11 is 0. The molecule has 1 N–H and O–H groups in total. The first-order valence-corrected chi connectivity index (χ1v) is 19.7. The van der Waals surface area contributed by atoms with Gasteiger partial charge in [0.15, 0.2) is 5.78 Å². The molecule has 0 heterocycles. The third kappa shape index (κ3) is 6.26. The van der Waals surface area contributed by atoms with Crippen LogP contribution in [0.3, 0.4) is 0 Å². The summed E-state index contributed by atoms with van der Waals surface area (Å²) in [7, 11) is 2.48. The van der Waals surface area contributed by atoms with Crippen molar-refractivity contribution in [2.45, 2.75) is 125 Å². The van der Waals surface area contributed by atoms with Gasteiger partial charge in [-0.1, -0.05) is 77.4 Å². The molecule has 9 nitrogen and oxygen atoms in total. The number of hydrogen-bond acceptors (Lipinski definition) is 8. The number of carbonyl (C=O) groups excluding carboxylic acids is 5. The van der Waals surface area contributed by atoms with Crippen LogP contribution in [-0.2, 0) is 44.8 Å². The molecular formula is C44H61NO8. The Labute approximate surface area is 315 Å². The SMILES string of the molecule is COC(=O)C[C@@H](NC(=O)[C@H]1CC[C@]2(C)C3C(=O)C=C4[C@@H]5C[C@@](C)(C(=O)OCc6ccccc6)CC[C@]5(C)CC[C@@]4(C)[C@]3(C)CC[C@H]2C1(C)C)C(=O)OC. The van der Waals surface area contributed by atoms with Gasteiger partial charge in [0.2, 0.25) is 5.91 Å². The van der Waals surface area contributed by atoms with Crippen molar-refractivity contribution in [2.75, 3.05) is 14.2 Å². The van der Waals surface area contributed by atoms with E-state index in [1.807, 2.05) is 36.4 Å². The van der Waals surface area contributed by atoms with E-state index in [0.717, 1.165) is 44.1 Å². The van der Waals surface area contributed by atoms with Crippen LogP contribution in [0.15, 0.2) is 42.0 Å². The van der Waals surface area contributed by atoms with E-state index in [1.165, 1.54) is 19.8 Å². The number of rotatable bonds is 8. The van der Waals surface area contributed by atoms with E-state index < -0.39 is 34.7 Å².